The van der Waals surface area contributed by atoms with Crippen LogP contribution >= 0.6 is 0 Å². The summed E-state index contributed by atoms with van der Waals surface area (Å²) in [6.45, 7) is 14.4. The molecule has 54 heavy (non-hydrogen) atoms. The van der Waals surface area contributed by atoms with Crippen molar-refractivity contribution in [2.45, 2.75) is 84.4 Å². The summed E-state index contributed by atoms with van der Waals surface area (Å²) < 4.78 is 11.5. The van der Waals surface area contributed by atoms with Crippen LogP contribution in [0.1, 0.15) is 61.8 Å². The summed E-state index contributed by atoms with van der Waals surface area (Å²) in [5.41, 5.74) is 4.20. The third-order valence-electron chi connectivity index (χ3n) is 11.4. The molecule has 2 aromatic rings. The van der Waals surface area contributed by atoms with E-state index in [-0.39, 0.29) is 36.1 Å². The lowest BCUT2D eigenvalue weighted by Crippen LogP contribution is -2.55. The number of likely N-dealkylation sites (tertiary alicyclic amines) is 2. The summed E-state index contributed by atoms with van der Waals surface area (Å²) in [4.78, 5) is 63.2. The van der Waals surface area contributed by atoms with E-state index in [0.29, 0.717) is 81.8 Å². The topological polar surface area (TPSA) is 135 Å². The van der Waals surface area contributed by atoms with Crippen LogP contribution in [-0.2, 0) is 31.9 Å². The number of piperidine rings is 2. The number of aromatic hydroxyl groups is 1. The molecular formula is C41H58N6O7. The Balaban J connectivity index is 1.03. The SMILES string of the molecule is Cc1cc(C[C@@H](OC(=O)N2CCC(N3CCc4ccccc4NC3=O)CC2)C(=O)N2CCC(N3CCN(CC(=O)OCC(C)C)CC3)CC2)cc(C)c1O. The Hall–Kier alpha value is -4.36. The van der Waals surface area contributed by atoms with Crippen molar-refractivity contribution in [3.05, 3.63) is 58.7 Å². The second-order valence-electron chi connectivity index (χ2n) is 15.8. The van der Waals surface area contributed by atoms with Gasteiger partial charge in [-0.3, -0.25) is 19.4 Å². The molecule has 294 valence electrons. The van der Waals surface area contributed by atoms with E-state index in [4.69, 9.17) is 9.47 Å². The quantitative estimate of drug-likeness (QED) is 0.339. The van der Waals surface area contributed by atoms with E-state index < -0.39 is 12.2 Å². The summed E-state index contributed by atoms with van der Waals surface area (Å²) in [5, 5.41) is 13.4. The predicted molar refractivity (Wildman–Crippen MR) is 205 cm³/mol. The molecule has 0 radical (unpaired) electrons. The number of phenolic OH excluding ortho intramolecular Hbond substituents is 1. The van der Waals surface area contributed by atoms with Crippen molar-refractivity contribution in [2.75, 3.05) is 77.4 Å². The molecule has 0 aliphatic carbocycles. The van der Waals surface area contributed by atoms with Crippen molar-refractivity contribution >= 4 is 29.7 Å². The highest BCUT2D eigenvalue weighted by Gasteiger charge is 2.37. The number of nitrogens with zero attached hydrogens (tertiary/aromatic N) is 5. The number of amides is 4. The minimum atomic E-state index is -1.01. The fraction of sp³-hybridized carbons (Fsp3) is 0.610. The van der Waals surface area contributed by atoms with Gasteiger partial charge in [0.1, 0.15) is 5.75 Å². The second-order valence-corrected chi connectivity index (χ2v) is 15.8. The Bertz CT molecular complexity index is 1620. The number of carbonyl (C=O) groups is 4. The highest BCUT2D eigenvalue weighted by molar-refractivity contribution is 5.91. The largest absolute Gasteiger partial charge is 0.507 e. The zero-order valence-corrected chi connectivity index (χ0v) is 32.4. The maximum absolute atomic E-state index is 14.2. The maximum atomic E-state index is 14.2. The summed E-state index contributed by atoms with van der Waals surface area (Å²) >= 11 is 0. The number of para-hydroxylation sites is 1. The number of fused-ring (bicyclic) bond motifs is 1. The number of piperazine rings is 1. The van der Waals surface area contributed by atoms with Gasteiger partial charge < -0.3 is 34.6 Å². The van der Waals surface area contributed by atoms with Gasteiger partial charge in [-0.25, -0.2) is 9.59 Å². The Morgan fingerprint density at radius 1 is 0.852 bits per heavy atom. The van der Waals surface area contributed by atoms with E-state index >= 15 is 0 Å². The molecule has 3 saturated heterocycles. The number of rotatable bonds is 10. The highest BCUT2D eigenvalue weighted by atomic mass is 16.6. The lowest BCUT2D eigenvalue weighted by atomic mass is 9.98. The van der Waals surface area contributed by atoms with E-state index in [9.17, 15) is 24.3 Å². The van der Waals surface area contributed by atoms with Gasteiger partial charge in [-0.15, -0.1) is 0 Å². The Labute approximate surface area is 319 Å². The first-order valence-electron chi connectivity index (χ1n) is 19.8. The van der Waals surface area contributed by atoms with Gasteiger partial charge in [0, 0.05) is 83.1 Å². The number of benzene rings is 2. The smallest absolute Gasteiger partial charge is 0.410 e. The van der Waals surface area contributed by atoms with Gasteiger partial charge in [-0.2, -0.15) is 0 Å². The number of ether oxygens (including phenoxy) is 2. The molecule has 4 amide bonds. The number of hydrogen-bond acceptors (Lipinski definition) is 9. The maximum Gasteiger partial charge on any atom is 0.410 e. The van der Waals surface area contributed by atoms with Crippen molar-refractivity contribution < 1.29 is 33.8 Å². The van der Waals surface area contributed by atoms with Gasteiger partial charge in [0.15, 0.2) is 6.10 Å². The van der Waals surface area contributed by atoms with Crippen LogP contribution in [-0.4, -0.2) is 144 Å². The number of phenols is 1. The molecule has 3 fully saturated rings. The number of nitrogens with one attached hydrogen (secondary N) is 1. The normalized spacial score (nSPS) is 19.9. The minimum absolute atomic E-state index is 0.000709. The number of carbonyl (C=O) groups excluding carboxylic acids is 4. The molecule has 1 atom stereocenters. The minimum Gasteiger partial charge on any atom is -0.507 e. The lowest BCUT2D eigenvalue weighted by molar-refractivity contribution is -0.146. The van der Waals surface area contributed by atoms with Crippen molar-refractivity contribution in [3.8, 4) is 5.75 Å². The average Bonchev–Trinajstić information content (AvgIpc) is 3.34. The zero-order chi connectivity index (χ0) is 38.4. The monoisotopic (exact) mass is 746 g/mol. The second kappa shape index (κ2) is 17.9. The van der Waals surface area contributed by atoms with E-state index in [1.807, 2.05) is 73.9 Å². The van der Waals surface area contributed by atoms with E-state index in [0.717, 1.165) is 62.3 Å². The molecule has 13 heteroatoms. The standard InChI is InChI=1S/C41H58N6O7/c1-28(2)27-53-37(48)26-43-19-21-44(22-20-43)33-10-14-45(15-11-33)39(50)36(25-31-23-29(3)38(49)30(4)24-31)54-41(52)46-16-12-34(13-17-46)47-18-9-32-7-5-6-8-35(32)42-40(47)51/h5-8,23-24,28,33-34,36,49H,9-22,25-27H2,1-4H3,(H,42,51)/t36-/m1/s1. The third kappa shape index (κ3) is 9.84. The fourth-order valence-electron chi connectivity index (χ4n) is 8.28. The summed E-state index contributed by atoms with van der Waals surface area (Å²) in [6.07, 6.45) is 2.33. The number of aryl methyl sites for hydroxylation is 2. The lowest BCUT2D eigenvalue weighted by Gasteiger charge is -2.43. The van der Waals surface area contributed by atoms with Crippen LogP contribution in [0.4, 0.5) is 15.3 Å². The first-order chi connectivity index (χ1) is 25.9. The van der Waals surface area contributed by atoms with Gasteiger partial charge in [-0.1, -0.05) is 44.2 Å². The first-order valence-corrected chi connectivity index (χ1v) is 19.8. The molecule has 0 bridgehead atoms. The van der Waals surface area contributed by atoms with Crippen molar-refractivity contribution in [3.63, 3.8) is 0 Å². The van der Waals surface area contributed by atoms with Crippen molar-refractivity contribution in [1.29, 1.82) is 0 Å². The number of anilines is 1. The first kappa shape index (κ1) is 39.3. The molecule has 13 nitrogen and oxygen atoms in total. The van der Waals surface area contributed by atoms with Crippen molar-refractivity contribution in [1.82, 2.24) is 24.5 Å². The van der Waals surface area contributed by atoms with Crippen LogP contribution in [0.5, 0.6) is 5.75 Å². The molecule has 0 unspecified atom stereocenters. The number of esters is 1. The van der Waals surface area contributed by atoms with Crippen LogP contribution < -0.4 is 5.32 Å². The van der Waals surface area contributed by atoms with Gasteiger partial charge in [0.25, 0.3) is 5.91 Å². The van der Waals surface area contributed by atoms with Gasteiger partial charge in [-0.05, 0) is 80.2 Å². The van der Waals surface area contributed by atoms with Crippen LogP contribution in [0.2, 0.25) is 0 Å². The van der Waals surface area contributed by atoms with E-state index in [2.05, 4.69) is 15.1 Å². The van der Waals surface area contributed by atoms with Crippen LogP contribution in [0.3, 0.4) is 0 Å². The fourth-order valence-corrected chi connectivity index (χ4v) is 8.28. The van der Waals surface area contributed by atoms with Crippen molar-refractivity contribution in [2.24, 2.45) is 5.92 Å². The molecule has 0 aromatic heterocycles. The Morgan fingerprint density at radius 2 is 1.48 bits per heavy atom. The third-order valence-corrected chi connectivity index (χ3v) is 11.4. The predicted octanol–water partition coefficient (Wildman–Crippen LogP) is 4.42. The van der Waals surface area contributed by atoms with Crippen LogP contribution in [0.15, 0.2) is 36.4 Å². The molecule has 2 aromatic carbocycles. The zero-order valence-electron chi connectivity index (χ0n) is 32.4. The van der Waals surface area contributed by atoms with Gasteiger partial charge in [0.2, 0.25) is 0 Å². The van der Waals surface area contributed by atoms with E-state index in [1.54, 1.807) is 4.90 Å². The van der Waals surface area contributed by atoms with Crippen LogP contribution in [0.25, 0.3) is 0 Å². The van der Waals surface area contributed by atoms with Gasteiger partial charge >= 0.3 is 18.1 Å². The summed E-state index contributed by atoms with van der Waals surface area (Å²) in [6, 6.07) is 11.8. The van der Waals surface area contributed by atoms with Gasteiger partial charge in [0.05, 0.1) is 13.2 Å². The van der Waals surface area contributed by atoms with Crippen LogP contribution in [0, 0.1) is 19.8 Å². The summed E-state index contributed by atoms with van der Waals surface area (Å²) in [5.74, 6) is 0.161. The molecule has 4 aliphatic heterocycles. The molecular weight excluding hydrogens is 688 g/mol. The average molecular weight is 747 g/mol. The Kier molecular flexibility index (Phi) is 13.0. The molecule has 2 N–H and O–H groups in total. The summed E-state index contributed by atoms with van der Waals surface area (Å²) in [7, 11) is 0. The molecule has 4 aliphatic rings. The van der Waals surface area contributed by atoms with E-state index in [1.165, 1.54) is 0 Å². The molecule has 4 heterocycles. The number of hydrogen-bond donors (Lipinski definition) is 2. The number of urea groups is 1. The molecule has 0 saturated carbocycles. The highest BCUT2D eigenvalue weighted by Crippen LogP contribution is 2.28. The molecule has 0 spiro atoms. The molecule has 6 rings (SSSR count). The Morgan fingerprint density at radius 3 is 2.15 bits per heavy atom.